The Kier molecular flexibility index (Phi) is 38.7. The average molecular weight is 2040 g/mol. The van der Waals surface area contributed by atoms with E-state index in [-0.39, 0.29) is 91.1 Å². The highest BCUT2D eigenvalue weighted by atomic mass is 16.6. The Bertz CT molecular complexity index is 4450. The predicted octanol–water partition coefficient (Wildman–Crippen LogP) is 32.6. The van der Waals surface area contributed by atoms with Gasteiger partial charge < -0.3 is 47.4 Å². The topological polar surface area (TPSA) is 218 Å². The SMILES string of the molecule is C1=CCCCC1.C1CCC2(CC1)CO2.C1CCC2OC2C1.C=C1CCCCC1.CC(=O)OC1CCC2(C)C(=CCC3C4CCC(=O)C4(C)CCC32)C1.CC(=O)OC1CCC2(C)C3CCC4(C)C(=O)CCC4C3CC3O[C@@]32C1.CC(=O)OC1CCC2(C)C3CCC4(C)C(=O)CCC4C3CC3O[C@]32C1.CC(C)=C(C)C.CC1(C)OC1(C)C.CC12CCCCC1O2.CC1=CCCCC1.CC1OC12CCCCC2.CC=C1CCCCC1. The number of carbonyl (C=O) groups is 6. The van der Waals surface area contributed by atoms with Crippen LogP contribution >= 0.6 is 0 Å². The average Bonchev–Trinajstić information content (AvgIpc) is 1.50. The molecule has 27 atom stereocenters. The number of ketones is 3. The number of esters is 3. The van der Waals surface area contributed by atoms with Crippen LogP contribution in [-0.2, 0) is 76.1 Å². The number of carbonyl (C=O) groups excluding carboxylic acids is 6. The molecule has 147 heavy (non-hydrogen) atoms. The monoisotopic (exact) mass is 2040 g/mol. The molecule has 16 nitrogen and oxygen atoms in total. The van der Waals surface area contributed by atoms with Gasteiger partial charge in [0.05, 0.1) is 71.2 Å². The van der Waals surface area contributed by atoms with Crippen molar-refractivity contribution in [1.82, 2.24) is 0 Å². The van der Waals surface area contributed by atoms with Crippen LogP contribution in [0.25, 0.3) is 0 Å². The molecule has 16 heteroatoms. The third-order valence-electron chi connectivity index (χ3n) is 44.8. The van der Waals surface area contributed by atoms with Crippen molar-refractivity contribution in [2.75, 3.05) is 6.61 Å². The Morgan fingerprint density at radius 2 is 0.796 bits per heavy atom. The lowest BCUT2D eigenvalue weighted by Gasteiger charge is -2.58. The van der Waals surface area contributed by atoms with Crippen LogP contribution in [0.4, 0.5) is 0 Å². The van der Waals surface area contributed by atoms with E-state index in [1.807, 2.05) is 0 Å². The second-order valence-corrected chi connectivity index (χ2v) is 55.1. The minimum Gasteiger partial charge on any atom is -0.462 e. The first-order valence-corrected chi connectivity index (χ1v) is 61.5. The number of hydrogen-bond donors (Lipinski definition) is 0. The molecule has 0 N–H and O–H groups in total. The van der Waals surface area contributed by atoms with Crippen molar-refractivity contribution < 1.29 is 76.1 Å². The van der Waals surface area contributed by atoms with Crippen molar-refractivity contribution in [3.05, 3.63) is 70.4 Å². The molecule has 830 valence electrons. The first-order valence-electron chi connectivity index (χ1n) is 61.5. The summed E-state index contributed by atoms with van der Waals surface area (Å²) in [5, 5.41) is 0. The fraction of sp³-hybridized carbons (Fsp3) is 0.863. The number of epoxide rings is 7. The van der Waals surface area contributed by atoms with Crippen LogP contribution in [0, 0.1) is 85.8 Å². The molecule has 0 radical (unpaired) electrons. The number of fused-ring (bicyclic) bond motifs is 15. The van der Waals surface area contributed by atoms with Gasteiger partial charge >= 0.3 is 17.9 Å². The Hall–Kier alpha value is -4.42. The van der Waals surface area contributed by atoms with Gasteiger partial charge in [-0.1, -0.05) is 189 Å². The molecule has 0 aromatic rings. The zero-order chi connectivity index (χ0) is 106. The van der Waals surface area contributed by atoms with Gasteiger partial charge in [-0.2, -0.15) is 0 Å². The quantitative estimate of drug-likeness (QED) is 0.111. The van der Waals surface area contributed by atoms with E-state index in [0.717, 1.165) is 154 Å². The van der Waals surface area contributed by atoms with Crippen molar-refractivity contribution in [3.8, 4) is 0 Å². The normalized spacial score (nSPS) is 42.2. The van der Waals surface area contributed by atoms with Gasteiger partial charge in [0.2, 0.25) is 0 Å². The summed E-state index contributed by atoms with van der Waals surface area (Å²) in [4.78, 5) is 71.6. The third kappa shape index (κ3) is 27.2. The van der Waals surface area contributed by atoms with Crippen LogP contribution in [-0.4, -0.2) is 136 Å². The summed E-state index contributed by atoms with van der Waals surface area (Å²) in [5.41, 5.74) is 10.9. The van der Waals surface area contributed by atoms with Crippen molar-refractivity contribution >= 4 is 35.3 Å². The van der Waals surface area contributed by atoms with E-state index in [9.17, 15) is 28.8 Å². The molecule has 25 unspecified atom stereocenters. The van der Waals surface area contributed by atoms with E-state index in [1.54, 1.807) is 11.1 Å². The molecular weight excluding hydrogens is 1830 g/mol. The lowest BCUT2D eigenvalue weighted by Crippen LogP contribution is -2.58. The van der Waals surface area contributed by atoms with E-state index in [2.05, 4.69) is 162 Å². The summed E-state index contributed by atoms with van der Waals surface area (Å²) in [7, 11) is 0. The third-order valence-corrected chi connectivity index (χ3v) is 44.8. The van der Waals surface area contributed by atoms with Gasteiger partial charge in [-0.25, -0.2) is 0 Å². The van der Waals surface area contributed by atoms with Crippen LogP contribution in [0.2, 0.25) is 0 Å². The number of ether oxygens (including phenoxy) is 10. The van der Waals surface area contributed by atoms with Crippen molar-refractivity contribution in [2.24, 2.45) is 85.8 Å². The number of allylic oxidation sites excluding steroid dienone is 10. The molecule has 0 aromatic heterocycles. The zero-order valence-electron chi connectivity index (χ0n) is 97.2. The Labute approximate surface area is 893 Å². The molecule has 27 rings (SSSR count). The molecule has 7 aliphatic heterocycles. The highest BCUT2D eigenvalue weighted by Crippen LogP contribution is 2.76. The maximum absolute atomic E-state index is 12.5. The minimum atomic E-state index is -0.172. The summed E-state index contributed by atoms with van der Waals surface area (Å²) < 4.78 is 56.3. The Balaban J connectivity index is 0.000000125. The lowest BCUT2D eigenvalue weighted by atomic mass is 9.45. The summed E-state index contributed by atoms with van der Waals surface area (Å²) >= 11 is 0. The highest BCUT2D eigenvalue weighted by Gasteiger charge is 2.79. The molecule has 20 aliphatic carbocycles. The predicted molar refractivity (Wildman–Crippen MR) is 591 cm³/mol. The van der Waals surface area contributed by atoms with Gasteiger partial charge in [-0.3, -0.25) is 28.8 Å². The van der Waals surface area contributed by atoms with Crippen LogP contribution in [0.5, 0.6) is 0 Å². The zero-order valence-corrected chi connectivity index (χ0v) is 97.2. The standard InChI is InChI=1S/2C21H30O4.C21H30O3.C8H14O.C8H14.2C7H12O.2C7H12.C6H10O.C6H12O.C6H10.C6H12/c2*1-12(22)24-13-6-9-20(3)16-7-8-19(2)15(4-5-17(19)23)14(16)10-18-21(20,11-13)25-18;1-13(22)24-15-8-10-20(2)14(12-15)4-5-16-17-6-7-19(23)21(17,3)11-9-18(16)20;1-7-8(9-7)5-3-2-4-6-8;1-2-8-6-4-3-5-7-8;1-7-5-3-2-4-6(7)8-7;1-2-4-7(5-3-1)6-8-7;2*1-7-5-3-2-4-6-7;1-2-4-6-5(3-1)7-6;1-5(2)6(3,4)7-5;1-2-4-6-5-3-1;1-5(2)6(3)4/h2*13-16,18H,4-11H2,1-3H3;4,15-18H,5-12H2,1-3H3;7H,2-6H2,1H3;2H,3-7H2,1H3;6H,2-5H2,1H3;1-6H2;5H,2-4,6H2,1H3;1-6H2;5-6H,1-4H2;1-4H3;1-2H,3-6H2;1-4H3/t2*13?,14?,15?,16?,18?,19?,20?,21-;;;;;;;;;;;/m10.........../s1. The summed E-state index contributed by atoms with van der Waals surface area (Å²) in [6.07, 6.45) is 89.0. The van der Waals surface area contributed by atoms with Crippen molar-refractivity contribution in [1.29, 1.82) is 0 Å². The van der Waals surface area contributed by atoms with Crippen molar-refractivity contribution in [2.45, 2.75) is 625 Å². The second-order valence-electron chi connectivity index (χ2n) is 55.1. The molecule has 4 spiro atoms. The molecular formula is C131H210O16. The first kappa shape index (κ1) is 117. The summed E-state index contributed by atoms with van der Waals surface area (Å²) in [5.74, 6) is 6.72. The van der Waals surface area contributed by atoms with Crippen molar-refractivity contribution in [3.63, 3.8) is 0 Å². The number of hydrogen-bond acceptors (Lipinski definition) is 16. The smallest absolute Gasteiger partial charge is 0.302 e. The largest absolute Gasteiger partial charge is 0.462 e. The number of Topliss-reactive ketones (excluding diaryl/α,β-unsaturated/α-hetero) is 3. The first-order chi connectivity index (χ1) is 69.8. The molecule has 7 saturated heterocycles. The van der Waals surface area contributed by atoms with E-state index in [0.29, 0.717) is 124 Å². The van der Waals surface area contributed by atoms with Gasteiger partial charge in [-0.05, 0) is 411 Å². The Morgan fingerprint density at radius 1 is 0.395 bits per heavy atom. The van der Waals surface area contributed by atoms with Gasteiger partial charge in [0.1, 0.15) is 46.9 Å². The van der Waals surface area contributed by atoms with Crippen LogP contribution in [0.3, 0.4) is 0 Å². The lowest BCUT2D eigenvalue weighted by molar-refractivity contribution is -0.158. The van der Waals surface area contributed by atoms with Gasteiger partial charge in [-0.15, -0.1) is 0 Å². The fourth-order valence-corrected chi connectivity index (χ4v) is 33.6. The van der Waals surface area contributed by atoms with E-state index < -0.39 is 0 Å². The fourth-order valence-electron chi connectivity index (χ4n) is 33.6. The van der Waals surface area contributed by atoms with Gasteiger partial charge in [0, 0.05) is 86.4 Å². The Morgan fingerprint density at radius 3 is 1.14 bits per heavy atom. The molecule has 0 bridgehead atoms. The van der Waals surface area contributed by atoms with Gasteiger partial charge in [0.25, 0.3) is 0 Å². The van der Waals surface area contributed by atoms with Crippen LogP contribution in [0.1, 0.15) is 531 Å². The van der Waals surface area contributed by atoms with E-state index >= 15 is 0 Å². The molecule has 0 amide bonds. The maximum atomic E-state index is 12.5. The summed E-state index contributed by atoms with van der Waals surface area (Å²) in [6, 6.07) is 0. The van der Waals surface area contributed by atoms with E-state index in [4.69, 9.17) is 47.4 Å². The minimum absolute atomic E-state index is 0.0223. The molecule has 17 saturated carbocycles. The van der Waals surface area contributed by atoms with Gasteiger partial charge in [0.15, 0.2) is 0 Å². The maximum Gasteiger partial charge on any atom is 0.302 e. The molecule has 0 aromatic carbocycles. The molecule has 24 fully saturated rings. The molecule has 7 heterocycles. The summed E-state index contributed by atoms with van der Waals surface area (Å²) in [6.45, 7) is 49.2. The van der Waals surface area contributed by atoms with Crippen LogP contribution < -0.4 is 0 Å². The number of rotatable bonds is 3. The highest BCUT2D eigenvalue weighted by molar-refractivity contribution is 5.88. The second kappa shape index (κ2) is 48.7. The van der Waals surface area contributed by atoms with Crippen LogP contribution in [0.15, 0.2) is 70.4 Å². The molecule has 27 aliphatic rings. The van der Waals surface area contributed by atoms with E-state index in [1.165, 1.54) is 281 Å².